The van der Waals surface area contributed by atoms with Crippen molar-refractivity contribution in [2.75, 3.05) is 18.4 Å². The summed E-state index contributed by atoms with van der Waals surface area (Å²) in [4.78, 5) is 18.8. The van der Waals surface area contributed by atoms with Gasteiger partial charge in [-0.15, -0.1) is 0 Å². The Balaban J connectivity index is 2.00. The molecule has 0 radical (unpaired) electrons. The molecule has 24 heavy (non-hydrogen) atoms. The van der Waals surface area contributed by atoms with Crippen molar-refractivity contribution in [3.05, 3.63) is 78.1 Å². The number of hydrogen-bond donors (Lipinski definition) is 2. The van der Waals surface area contributed by atoms with Crippen molar-refractivity contribution in [3.63, 3.8) is 0 Å². The number of nitrogens with zero attached hydrogens (tertiary/aromatic N) is 2. The van der Waals surface area contributed by atoms with Gasteiger partial charge in [-0.2, -0.15) is 0 Å². The topological polar surface area (TPSA) is 70.7 Å². The summed E-state index contributed by atoms with van der Waals surface area (Å²) in [6.07, 6.45) is 7.34. The van der Waals surface area contributed by atoms with Crippen LogP contribution in [0.15, 0.2) is 71.7 Å². The quantitative estimate of drug-likeness (QED) is 0.659. The minimum atomic E-state index is -0.384. The number of aliphatic imine (C=N–C) groups is 1. The van der Waals surface area contributed by atoms with Crippen molar-refractivity contribution >= 4 is 17.3 Å². The molecular formula is C18H17FN4O. The van der Waals surface area contributed by atoms with Gasteiger partial charge in [-0.05, 0) is 30.5 Å². The molecule has 0 fully saturated rings. The molecule has 3 N–H and O–H groups in total. The van der Waals surface area contributed by atoms with Gasteiger partial charge in [0.25, 0.3) is 0 Å². The molecule has 0 atom stereocenters. The minimum absolute atomic E-state index is 0.253. The predicted molar refractivity (Wildman–Crippen MR) is 92.8 cm³/mol. The van der Waals surface area contributed by atoms with Gasteiger partial charge in [-0.1, -0.05) is 18.7 Å². The summed E-state index contributed by atoms with van der Waals surface area (Å²) in [5, 5.41) is 3.01. The van der Waals surface area contributed by atoms with E-state index in [1.807, 2.05) is 11.0 Å². The molecule has 0 saturated heterocycles. The lowest BCUT2D eigenvalue weighted by Gasteiger charge is -2.31. The lowest BCUT2D eigenvalue weighted by atomic mass is 10.1. The fourth-order valence-corrected chi connectivity index (χ4v) is 2.68. The van der Waals surface area contributed by atoms with E-state index in [9.17, 15) is 9.18 Å². The van der Waals surface area contributed by atoms with Crippen LogP contribution in [-0.2, 0) is 4.79 Å². The molecule has 1 aromatic rings. The van der Waals surface area contributed by atoms with Crippen LogP contribution in [0.2, 0.25) is 0 Å². The smallest absolute Gasteiger partial charge is 0.189 e. The first-order valence-electron chi connectivity index (χ1n) is 7.50. The third kappa shape index (κ3) is 2.74. The Hall–Kier alpha value is -3.15. The van der Waals surface area contributed by atoms with Crippen LogP contribution in [-0.4, -0.2) is 29.6 Å². The van der Waals surface area contributed by atoms with Gasteiger partial charge in [-0.25, -0.2) is 4.39 Å². The number of amidine groups is 1. The van der Waals surface area contributed by atoms with Crippen molar-refractivity contribution in [3.8, 4) is 0 Å². The van der Waals surface area contributed by atoms with Crippen molar-refractivity contribution in [2.45, 2.75) is 0 Å². The molecule has 5 nitrogen and oxygen atoms in total. The first kappa shape index (κ1) is 15.7. The van der Waals surface area contributed by atoms with Crippen molar-refractivity contribution < 1.29 is 9.18 Å². The predicted octanol–water partition coefficient (Wildman–Crippen LogP) is 2.31. The highest BCUT2D eigenvalue weighted by atomic mass is 19.1. The van der Waals surface area contributed by atoms with Crippen LogP contribution >= 0.6 is 0 Å². The first-order chi connectivity index (χ1) is 11.7. The number of carbonyl (C=O) groups excluding carboxylic acids is 1. The second-order valence-electron chi connectivity index (χ2n) is 5.25. The number of ketones is 1. The maximum atomic E-state index is 14.1. The SMILES string of the molecule is C=C/C(=C\C=C/N)C(=O)C=C1Nc2c(F)cccc2C2=NCCN12. The minimum Gasteiger partial charge on any atom is -0.405 e. The molecule has 0 amide bonds. The highest BCUT2D eigenvalue weighted by Crippen LogP contribution is 2.31. The fraction of sp³-hybridized carbons (Fsp3) is 0.111. The molecule has 1 aromatic carbocycles. The largest absolute Gasteiger partial charge is 0.405 e. The Labute approximate surface area is 139 Å². The fourth-order valence-electron chi connectivity index (χ4n) is 2.68. The summed E-state index contributed by atoms with van der Waals surface area (Å²) in [5.41, 5.74) is 6.71. The molecule has 0 aliphatic carbocycles. The van der Waals surface area contributed by atoms with E-state index in [0.29, 0.717) is 41.6 Å². The number of nitrogens with two attached hydrogens (primary N) is 1. The summed E-state index contributed by atoms with van der Waals surface area (Å²) in [5.74, 6) is 0.536. The van der Waals surface area contributed by atoms with E-state index in [0.717, 1.165) is 0 Å². The molecule has 2 aliphatic rings. The van der Waals surface area contributed by atoms with Gasteiger partial charge in [0.15, 0.2) is 5.78 Å². The maximum absolute atomic E-state index is 14.1. The molecule has 0 aromatic heterocycles. The van der Waals surface area contributed by atoms with Crippen LogP contribution in [0.25, 0.3) is 0 Å². The average Bonchev–Trinajstić information content (AvgIpc) is 3.07. The highest BCUT2D eigenvalue weighted by molar-refractivity contribution is 6.11. The van der Waals surface area contributed by atoms with Gasteiger partial charge < -0.3 is 16.0 Å². The van der Waals surface area contributed by atoms with Crippen LogP contribution in [0, 0.1) is 5.82 Å². The third-order valence-corrected chi connectivity index (χ3v) is 3.80. The number of fused-ring (bicyclic) bond motifs is 3. The van der Waals surface area contributed by atoms with Gasteiger partial charge in [0, 0.05) is 23.8 Å². The Kier molecular flexibility index (Phi) is 4.29. The number of rotatable bonds is 4. The van der Waals surface area contributed by atoms with E-state index in [4.69, 9.17) is 5.73 Å². The Morgan fingerprint density at radius 1 is 1.46 bits per heavy atom. The normalized spacial score (nSPS) is 18.2. The second kappa shape index (κ2) is 6.54. The number of para-hydroxylation sites is 1. The number of allylic oxidation sites excluding steroid dienone is 5. The van der Waals surface area contributed by atoms with Crippen LogP contribution < -0.4 is 11.1 Å². The van der Waals surface area contributed by atoms with Crippen molar-refractivity contribution in [1.82, 2.24) is 4.90 Å². The maximum Gasteiger partial charge on any atom is 0.189 e. The zero-order valence-electron chi connectivity index (χ0n) is 13.0. The second-order valence-corrected chi connectivity index (χ2v) is 5.25. The summed E-state index contributed by atoms with van der Waals surface area (Å²) in [6.45, 7) is 4.86. The Morgan fingerprint density at radius 2 is 2.29 bits per heavy atom. The van der Waals surface area contributed by atoms with Crippen molar-refractivity contribution in [1.29, 1.82) is 0 Å². The lowest BCUT2D eigenvalue weighted by molar-refractivity contribution is -0.111. The zero-order valence-corrected chi connectivity index (χ0v) is 13.0. The van der Waals surface area contributed by atoms with Crippen LogP contribution in [0.5, 0.6) is 0 Å². The van der Waals surface area contributed by atoms with E-state index in [1.54, 1.807) is 18.2 Å². The van der Waals surface area contributed by atoms with E-state index in [1.165, 1.54) is 24.4 Å². The van der Waals surface area contributed by atoms with Crippen LogP contribution in [0.3, 0.4) is 0 Å². The number of halogens is 1. The van der Waals surface area contributed by atoms with E-state index < -0.39 is 0 Å². The Bertz CT molecular complexity index is 820. The molecule has 2 heterocycles. The van der Waals surface area contributed by atoms with Crippen molar-refractivity contribution in [2.24, 2.45) is 10.7 Å². The third-order valence-electron chi connectivity index (χ3n) is 3.80. The molecule has 122 valence electrons. The molecule has 2 aliphatic heterocycles. The number of anilines is 1. The molecule has 0 bridgehead atoms. The number of carbonyl (C=O) groups is 1. The van der Waals surface area contributed by atoms with E-state index >= 15 is 0 Å². The standard InChI is InChI=1S/C18H17FN4O/c1-2-12(5-4-8-20)15(24)11-16-22-17-13(6-3-7-14(17)19)18-21-9-10-23(16)18/h2-8,11,22H,1,9-10,20H2/b8-4-,12-5+,16-11?. The zero-order chi connectivity index (χ0) is 17.1. The number of hydrogen-bond acceptors (Lipinski definition) is 5. The highest BCUT2D eigenvalue weighted by Gasteiger charge is 2.31. The summed E-state index contributed by atoms with van der Waals surface area (Å²) >= 11 is 0. The summed E-state index contributed by atoms with van der Waals surface area (Å²) in [6, 6.07) is 4.83. The molecule has 3 rings (SSSR count). The van der Waals surface area contributed by atoms with Gasteiger partial charge in [-0.3, -0.25) is 9.79 Å². The van der Waals surface area contributed by atoms with Gasteiger partial charge >= 0.3 is 0 Å². The monoisotopic (exact) mass is 324 g/mol. The number of nitrogens with one attached hydrogen (secondary N) is 1. The van der Waals surface area contributed by atoms with Crippen LogP contribution in [0.4, 0.5) is 10.1 Å². The van der Waals surface area contributed by atoms with E-state index in [2.05, 4.69) is 16.9 Å². The summed E-state index contributed by atoms with van der Waals surface area (Å²) in [7, 11) is 0. The van der Waals surface area contributed by atoms with Gasteiger partial charge in [0.05, 0.1) is 12.2 Å². The van der Waals surface area contributed by atoms with Gasteiger partial charge in [0.1, 0.15) is 17.5 Å². The average molecular weight is 324 g/mol. The molecule has 0 unspecified atom stereocenters. The first-order valence-corrected chi connectivity index (χ1v) is 7.50. The molecule has 6 heteroatoms. The lowest BCUT2D eigenvalue weighted by Crippen LogP contribution is -2.37. The Morgan fingerprint density at radius 3 is 3.04 bits per heavy atom. The van der Waals surface area contributed by atoms with E-state index in [-0.39, 0.29) is 11.6 Å². The summed E-state index contributed by atoms with van der Waals surface area (Å²) < 4.78 is 14.1. The van der Waals surface area contributed by atoms with Crippen LogP contribution in [0.1, 0.15) is 5.56 Å². The van der Waals surface area contributed by atoms with Gasteiger partial charge in [0.2, 0.25) is 0 Å². The molecule has 0 saturated carbocycles. The molecule has 0 spiro atoms. The molecular weight excluding hydrogens is 307 g/mol. The number of benzene rings is 1.